The molecule has 0 aromatic rings. The van der Waals surface area contributed by atoms with E-state index in [4.69, 9.17) is 4.74 Å². The van der Waals surface area contributed by atoms with Crippen LogP contribution in [0.1, 0.15) is 41.5 Å². The maximum absolute atomic E-state index is 11.4. The Morgan fingerprint density at radius 2 is 1.69 bits per heavy atom. The molecule has 0 aliphatic rings. The van der Waals surface area contributed by atoms with Gasteiger partial charge in [0.15, 0.2) is 0 Å². The van der Waals surface area contributed by atoms with Crippen LogP contribution in [0.3, 0.4) is 0 Å². The van der Waals surface area contributed by atoms with Gasteiger partial charge in [0.2, 0.25) is 0 Å². The van der Waals surface area contributed by atoms with Crippen molar-refractivity contribution in [2.75, 3.05) is 0 Å². The summed E-state index contributed by atoms with van der Waals surface area (Å²) in [4.78, 5) is 11.4. The first-order valence-electron chi connectivity index (χ1n) is 4.71. The minimum Gasteiger partial charge on any atom is -0.459 e. The molecule has 0 spiro atoms. The maximum Gasteiger partial charge on any atom is 0.323 e. The second-order valence-electron chi connectivity index (χ2n) is 4.58. The predicted molar refractivity (Wildman–Crippen MR) is 53.6 cm³/mol. The lowest BCUT2D eigenvalue weighted by Gasteiger charge is -2.23. The summed E-state index contributed by atoms with van der Waals surface area (Å²) < 4.78 is 5.20. The molecule has 0 radical (unpaired) electrons. The molecule has 1 atom stereocenters. The summed E-state index contributed by atoms with van der Waals surface area (Å²) in [6.07, 6.45) is 0. The second-order valence-corrected chi connectivity index (χ2v) is 4.58. The van der Waals surface area contributed by atoms with Gasteiger partial charge in [0.25, 0.3) is 0 Å². The quantitative estimate of drug-likeness (QED) is 0.684. The highest BCUT2D eigenvalue weighted by Gasteiger charge is 2.21. The minimum atomic E-state index is -0.399. The van der Waals surface area contributed by atoms with E-state index in [9.17, 15) is 4.79 Å². The summed E-state index contributed by atoms with van der Waals surface area (Å²) in [7, 11) is 0. The van der Waals surface area contributed by atoms with Gasteiger partial charge in [0.05, 0.1) is 0 Å². The molecule has 0 heterocycles. The molecule has 0 aliphatic heterocycles. The molecule has 0 aliphatic carbocycles. The van der Waals surface area contributed by atoms with Crippen molar-refractivity contribution >= 4 is 5.97 Å². The van der Waals surface area contributed by atoms with Gasteiger partial charge >= 0.3 is 5.97 Å². The first kappa shape index (κ1) is 12.4. The zero-order valence-electron chi connectivity index (χ0n) is 9.47. The molecule has 13 heavy (non-hydrogen) atoms. The van der Waals surface area contributed by atoms with E-state index in [0.29, 0.717) is 6.04 Å². The highest BCUT2D eigenvalue weighted by Crippen LogP contribution is 2.08. The average molecular weight is 187 g/mol. The lowest BCUT2D eigenvalue weighted by Crippen LogP contribution is -2.42. The topological polar surface area (TPSA) is 38.3 Å². The van der Waals surface area contributed by atoms with Gasteiger partial charge in [-0.05, 0) is 27.7 Å². The molecule has 3 nitrogen and oxygen atoms in total. The average Bonchev–Trinajstić information content (AvgIpc) is 1.81. The molecule has 78 valence electrons. The fourth-order valence-electron chi connectivity index (χ4n) is 0.958. The number of rotatable bonds is 3. The van der Waals surface area contributed by atoms with Gasteiger partial charge in [-0.15, -0.1) is 0 Å². The van der Waals surface area contributed by atoms with Crippen LogP contribution in [0.15, 0.2) is 0 Å². The van der Waals surface area contributed by atoms with Gasteiger partial charge in [0, 0.05) is 6.04 Å². The van der Waals surface area contributed by atoms with Gasteiger partial charge in [-0.25, -0.2) is 0 Å². The molecular formula is C10H21NO2. The second kappa shape index (κ2) is 4.61. The van der Waals surface area contributed by atoms with Gasteiger partial charge in [-0.2, -0.15) is 0 Å². The maximum atomic E-state index is 11.4. The number of carbonyl (C=O) groups excluding carboxylic acids is 1. The first-order valence-corrected chi connectivity index (χ1v) is 4.71. The van der Waals surface area contributed by atoms with Crippen LogP contribution >= 0.6 is 0 Å². The van der Waals surface area contributed by atoms with Crippen molar-refractivity contribution < 1.29 is 9.53 Å². The molecule has 1 N–H and O–H groups in total. The van der Waals surface area contributed by atoms with Crippen LogP contribution in [0.5, 0.6) is 0 Å². The van der Waals surface area contributed by atoms with Crippen molar-refractivity contribution in [3.05, 3.63) is 0 Å². The molecule has 0 aromatic heterocycles. The van der Waals surface area contributed by atoms with Gasteiger partial charge in [-0.3, -0.25) is 4.79 Å². The normalized spacial score (nSPS) is 14.4. The largest absolute Gasteiger partial charge is 0.459 e. The lowest BCUT2D eigenvalue weighted by atomic mass is 10.2. The van der Waals surface area contributed by atoms with Crippen molar-refractivity contribution in [3.63, 3.8) is 0 Å². The molecule has 3 heteroatoms. The third-order valence-corrected chi connectivity index (χ3v) is 1.34. The number of carbonyl (C=O) groups is 1. The summed E-state index contributed by atoms with van der Waals surface area (Å²) in [5.74, 6) is -0.193. The number of hydrogen-bond donors (Lipinski definition) is 1. The minimum absolute atomic E-state index is 0.193. The first-order chi connectivity index (χ1) is 5.72. The smallest absolute Gasteiger partial charge is 0.323 e. The van der Waals surface area contributed by atoms with E-state index in [1.54, 1.807) is 0 Å². The van der Waals surface area contributed by atoms with E-state index in [0.717, 1.165) is 0 Å². The Hall–Kier alpha value is -0.570. The third kappa shape index (κ3) is 6.58. The summed E-state index contributed by atoms with van der Waals surface area (Å²) in [6, 6.07) is 0.0572. The van der Waals surface area contributed by atoms with E-state index in [1.165, 1.54) is 0 Å². The number of hydrogen-bond acceptors (Lipinski definition) is 3. The van der Waals surface area contributed by atoms with Crippen LogP contribution in [0.25, 0.3) is 0 Å². The highest BCUT2D eigenvalue weighted by molar-refractivity contribution is 5.75. The van der Waals surface area contributed by atoms with E-state index < -0.39 is 5.60 Å². The van der Waals surface area contributed by atoms with Gasteiger partial charge < -0.3 is 10.1 Å². The third-order valence-electron chi connectivity index (χ3n) is 1.34. The fraction of sp³-hybridized carbons (Fsp3) is 0.900. The molecule has 0 amide bonds. The van der Waals surface area contributed by atoms with Crippen molar-refractivity contribution in [2.45, 2.75) is 59.2 Å². The zero-order chi connectivity index (χ0) is 10.6. The predicted octanol–water partition coefficient (Wildman–Crippen LogP) is 1.71. The molecule has 0 saturated carbocycles. The molecule has 0 rings (SSSR count). The SMILES string of the molecule is CC(C)N[C@H](C)C(=O)OC(C)(C)C. The molecule has 0 unspecified atom stereocenters. The van der Waals surface area contributed by atoms with Crippen LogP contribution in [-0.2, 0) is 9.53 Å². The summed E-state index contributed by atoms with van der Waals surface area (Å²) >= 11 is 0. The fourth-order valence-corrected chi connectivity index (χ4v) is 0.958. The molecule has 0 fully saturated rings. The molecular weight excluding hydrogens is 166 g/mol. The van der Waals surface area contributed by atoms with Crippen molar-refractivity contribution in [1.29, 1.82) is 0 Å². The monoisotopic (exact) mass is 187 g/mol. The number of ether oxygens (including phenoxy) is 1. The van der Waals surface area contributed by atoms with Crippen LogP contribution in [0.2, 0.25) is 0 Å². The molecule has 0 bridgehead atoms. The number of esters is 1. The Kier molecular flexibility index (Phi) is 4.40. The Bertz CT molecular complexity index is 170. The van der Waals surface area contributed by atoms with Crippen molar-refractivity contribution in [3.8, 4) is 0 Å². The zero-order valence-corrected chi connectivity index (χ0v) is 9.47. The van der Waals surface area contributed by atoms with Crippen LogP contribution in [0, 0.1) is 0 Å². The van der Waals surface area contributed by atoms with Crippen molar-refractivity contribution in [2.24, 2.45) is 0 Å². The Labute approximate surface area is 80.8 Å². The summed E-state index contributed by atoms with van der Waals surface area (Å²) in [5.41, 5.74) is -0.399. The van der Waals surface area contributed by atoms with Crippen LogP contribution < -0.4 is 5.32 Å². The summed E-state index contributed by atoms with van der Waals surface area (Å²) in [6.45, 7) is 11.4. The molecule has 0 aromatic carbocycles. The molecule has 0 saturated heterocycles. The standard InChI is InChI=1S/C10H21NO2/c1-7(2)11-8(3)9(12)13-10(4,5)6/h7-8,11H,1-6H3/t8-/m1/s1. The van der Waals surface area contributed by atoms with Crippen molar-refractivity contribution in [1.82, 2.24) is 5.32 Å². The van der Waals surface area contributed by atoms with E-state index in [1.807, 2.05) is 41.5 Å². The summed E-state index contributed by atoms with van der Waals surface area (Å²) in [5, 5.41) is 3.09. The Morgan fingerprint density at radius 3 is 2.00 bits per heavy atom. The van der Waals surface area contributed by atoms with E-state index in [-0.39, 0.29) is 12.0 Å². The lowest BCUT2D eigenvalue weighted by molar-refractivity contribution is -0.157. The highest BCUT2D eigenvalue weighted by atomic mass is 16.6. The van der Waals surface area contributed by atoms with Gasteiger partial charge in [-0.1, -0.05) is 13.8 Å². The number of nitrogens with one attached hydrogen (secondary N) is 1. The Morgan fingerprint density at radius 1 is 1.23 bits per heavy atom. The van der Waals surface area contributed by atoms with Gasteiger partial charge in [0.1, 0.15) is 11.6 Å². The van der Waals surface area contributed by atoms with E-state index in [2.05, 4.69) is 5.32 Å². The van der Waals surface area contributed by atoms with Crippen LogP contribution in [-0.4, -0.2) is 23.7 Å². The Balaban J connectivity index is 3.97. The van der Waals surface area contributed by atoms with Crippen LogP contribution in [0.4, 0.5) is 0 Å². The van der Waals surface area contributed by atoms with E-state index >= 15 is 0 Å².